The smallest absolute Gasteiger partial charge is 0.340 e. The van der Waals surface area contributed by atoms with Crippen LogP contribution in [0.25, 0.3) is 5.69 Å². The summed E-state index contributed by atoms with van der Waals surface area (Å²) in [7, 11) is 1.41. The van der Waals surface area contributed by atoms with E-state index in [1.54, 1.807) is 6.07 Å². The Kier molecular flexibility index (Phi) is 4.77. The number of esters is 1. The van der Waals surface area contributed by atoms with Crippen LogP contribution in [0.15, 0.2) is 54.6 Å². The summed E-state index contributed by atoms with van der Waals surface area (Å²) in [6.45, 7) is 6.08. The molecule has 5 heteroatoms. The number of benzene rings is 2. The molecule has 28 heavy (non-hydrogen) atoms. The van der Waals surface area contributed by atoms with Crippen LogP contribution in [0, 0.1) is 0 Å². The topological polar surface area (TPSA) is 56.2 Å². The molecule has 1 N–H and O–H groups in total. The lowest BCUT2D eigenvalue weighted by Crippen LogP contribution is -2.28. The molecule has 0 unspecified atom stereocenters. The van der Waals surface area contributed by atoms with Crippen molar-refractivity contribution < 1.29 is 9.53 Å². The zero-order valence-electron chi connectivity index (χ0n) is 16.5. The highest BCUT2D eigenvalue weighted by atomic mass is 16.5. The van der Waals surface area contributed by atoms with Gasteiger partial charge in [0.05, 0.1) is 29.7 Å². The minimum Gasteiger partial charge on any atom is -0.465 e. The molecule has 0 saturated carbocycles. The highest BCUT2D eigenvalue weighted by Gasteiger charge is 2.33. The van der Waals surface area contributed by atoms with Crippen LogP contribution in [0.4, 0.5) is 0 Å². The Bertz CT molecular complexity index is 1010. The summed E-state index contributed by atoms with van der Waals surface area (Å²) in [5, 5.41) is 8.53. The number of carbonyl (C=O) groups is 1. The molecule has 4 rings (SSSR count). The first-order chi connectivity index (χ1) is 13.5. The number of ether oxygens (including phenoxy) is 1. The molecule has 2 aromatic carbocycles. The van der Waals surface area contributed by atoms with Gasteiger partial charge in [-0.05, 0) is 17.7 Å². The number of hydrogen-bond donors (Lipinski definition) is 1. The zero-order chi connectivity index (χ0) is 19.7. The van der Waals surface area contributed by atoms with Crippen molar-refractivity contribution >= 4 is 5.97 Å². The predicted octanol–water partition coefficient (Wildman–Crippen LogP) is 3.63. The highest BCUT2D eigenvalue weighted by molar-refractivity contribution is 5.93. The quantitative estimate of drug-likeness (QED) is 0.708. The first kappa shape index (κ1) is 18.4. The van der Waals surface area contributed by atoms with E-state index in [2.05, 4.69) is 43.4 Å². The number of nitrogens with zero attached hydrogens (tertiary/aromatic N) is 2. The van der Waals surface area contributed by atoms with Crippen LogP contribution in [0.1, 0.15) is 46.7 Å². The summed E-state index contributed by atoms with van der Waals surface area (Å²) in [5.41, 5.74) is 5.68. The van der Waals surface area contributed by atoms with Crippen molar-refractivity contribution in [3.05, 3.63) is 82.7 Å². The van der Waals surface area contributed by atoms with E-state index >= 15 is 0 Å². The van der Waals surface area contributed by atoms with Crippen LogP contribution in [0.2, 0.25) is 0 Å². The molecule has 3 aromatic rings. The number of para-hydroxylation sites is 1. The van der Waals surface area contributed by atoms with Gasteiger partial charge in [-0.3, -0.25) is 0 Å². The van der Waals surface area contributed by atoms with Gasteiger partial charge in [0.25, 0.3) is 0 Å². The molecule has 0 bridgehead atoms. The third-order valence-corrected chi connectivity index (χ3v) is 5.56. The van der Waals surface area contributed by atoms with Gasteiger partial charge in [0.1, 0.15) is 0 Å². The average molecular weight is 375 g/mol. The maximum atomic E-state index is 12.3. The lowest BCUT2D eigenvalue weighted by molar-refractivity contribution is 0.0600. The number of hydrogen-bond acceptors (Lipinski definition) is 4. The minimum absolute atomic E-state index is 0.254. The lowest BCUT2D eigenvalue weighted by Gasteiger charge is -2.26. The van der Waals surface area contributed by atoms with Crippen LogP contribution in [-0.2, 0) is 23.1 Å². The van der Waals surface area contributed by atoms with Crippen molar-refractivity contribution in [3.63, 3.8) is 0 Å². The second-order valence-electron chi connectivity index (χ2n) is 7.61. The van der Waals surface area contributed by atoms with E-state index in [-0.39, 0.29) is 11.4 Å². The molecule has 144 valence electrons. The lowest BCUT2D eigenvalue weighted by atomic mass is 9.79. The second-order valence-corrected chi connectivity index (χ2v) is 7.61. The Labute approximate surface area is 165 Å². The van der Waals surface area contributed by atoms with Gasteiger partial charge in [-0.2, -0.15) is 5.10 Å². The summed E-state index contributed by atoms with van der Waals surface area (Å²) in [4.78, 5) is 12.3. The van der Waals surface area contributed by atoms with E-state index < -0.39 is 0 Å². The molecule has 1 aliphatic heterocycles. The molecule has 0 radical (unpaired) electrons. The van der Waals surface area contributed by atoms with Gasteiger partial charge in [0.15, 0.2) is 0 Å². The summed E-state index contributed by atoms with van der Waals surface area (Å²) in [5.74, 6) is -0.349. The Morgan fingerprint density at radius 1 is 1.11 bits per heavy atom. The maximum absolute atomic E-state index is 12.3. The third kappa shape index (κ3) is 3.02. The van der Waals surface area contributed by atoms with Crippen molar-refractivity contribution in [1.82, 2.24) is 15.1 Å². The van der Waals surface area contributed by atoms with Crippen molar-refractivity contribution in [2.45, 2.75) is 32.2 Å². The molecule has 2 heterocycles. The molecule has 1 aromatic heterocycles. The van der Waals surface area contributed by atoms with E-state index in [1.807, 2.05) is 28.9 Å². The first-order valence-corrected chi connectivity index (χ1v) is 9.59. The fourth-order valence-electron chi connectivity index (χ4n) is 3.98. The van der Waals surface area contributed by atoms with Crippen LogP contribution in [-0.4, -0.2) is 29.4 Å². The van der Waals surface area contributed by atoms with Gasteiger partial charge in [-0.1, -0.05) is 56.3 Å². The zero-order valence-corrected chi connectivity index (χ0v) is 16.5. The van der Waals surface area contributed by atoms with Crippen LogP contribution in [0.3, 0.4) is 0 Å². The van der Waals surface area contributed by atoms with Gasteiger partial charge in [0, 0.05) is 30.5 Å². The maximum Gasteiger partial charge on any atom is 0.340 e. The standard InChI is InChI=1S/C23H25N3O2/c1-23(2,16-9-5-4-6-10-16)21-18-15-24-14-13-20(18)26(25-21)19-12-8-7-11-17(19)22(27)28-3/h4-12,24H,13-15H2,1-3H3. The molecule has 0 fully saturated rings. The number of aromatic nitrogens is 2. The van der Waals surface area contributed by atoms with Gasteiger partial charge in [0.2, 0.25) is 0 Å². The van der Waals surface area contributed by atoms with Gasteiger partial charge < -0.3 is 10.1 Å². The van der Waals surface area contributed by atoms with E-state index in [4.69, 9.17) is 9.84 Å². The normalized spacial score (nSPS) is 13.8. The number of methoxy groups -OCH3 is 1. The van der Waals surface area contributed by atoms with Crippen molar-refractivity contribution in [2.24, 2.45) is 0 Å². The summed E-state index contributed by atoms with van der Waals surface area (Å²) >= 11 is 0. The van der Waals surface area contributed by atoms with E-state index in [0.717, 1.165) is 36.6 Å². The molecular formula is C23H25N3O2. The number of rotatable bonds is 4. The van der Waals surface area contributed by atoms with Crippen molar-refractivity contribution in [2.75, 3.05) is 13.7 Å². The molecule has 0 aliphatic carbocycles. The monoisotopic (exact) mass is 375 g/mol. The SMILES string of the molecule is COC(=O)c1ccccc1-n1nc(C(C)(C)c2ccccc2)c2c1CCNC2. The average Bonchev–Trinajstić information content (AvgIpc) is 3.14. The third-order valence-electron chi connectivity index (χ3n) is 5.56. The van der Waals surface area contributed by atoms with Crippen LogP contribution >= 0.6 is 0 Å². The molecule has 0 saturated heterocycles. The molecule has 5 nitrogen and oxygen atoms in total. The Morgan fingerprint density at radius 3 is 2.57 bits per heavy atom. The summed E-state index contributed by atoms with van der Waals surface area (Å²) in [6, 6.07) is 17.9. The predicted molar refractivity (Wildman–Crippen MR) is 109 cm³/mol. The number of fused-ring (bicyclic) bond motifs is 1. The molecule has 1 aliphatic rings. The highest BCUT2D eigenvalue weighted by Crippen LogP contribution is 2.36. The van der Waals surface area contributed by atoms with Gasteiger partial charge in [-0.25, -0.2) is 9.48 Å². The molecule has 0 atom stereocenters. The largest absolute Gasteiger partial charge is 0.465 e. The van der Waals surface area contributed by atoms with Crippen molar-refractivity contribution in [3.8, 4) is 5.69 Å². The fraction of sp³-hybridized carbons (Fsp3) is 0.304. The summed E-state index contributed by atoms with van der Waals surface area (Å²) in [6.07, 6.45) is 0.864. The summed E-state index contributed by atoms with van der Waals surface area (Å²) < 4.78 is 6.94. The van der Waals surface area contributed by atoms with E-state index in [0.29, 0.717) is 5.56 Å². The van der Waals surface area contributed by atoms with E-state index in [1.165, 1.54) is 18.2 Å². The molecular weight excluding hydrogens is 350 g/mol. The molecule has 0 spiro atoms. The fourth-order valence-corrected chi connectivity index (χ4v) is 3.98. The number of carbonyl (C=O) groups excluding carboxylic acids is 1. The number of nitrogens with one attached hydrogen (secondary N) is 1. The first-order valence-electron chi connectivity index (χ1n) is 9.59. The van der Waals surface area contributed by atoms with Crippen LogP contribution in [0.5, 0.6) is 0 Å². The Balaban J connectivity index is 1.92. The minimum atomic E-state index is -0.349. The van der Waals surface area contributed by atoms with Gasteiger partial charge >= 0.3 is 5.97 Å². The van der Waals surface area contributed by atoms with Crippen LogP contribution < -0.4 is 5.32 Å². The van der Waals surface area contributed by atoms with Crippen molar-refractivity contribution in [1.29, 1.82) is 0 Å². The Hall–Kier alpha value is -2.92. The van der Waals surface area contributed by atoms with Gasteiger partial charge in [-0.15, -0.1) is 0 Å². The molecule has 0 amide bonds. The Morgan fingerprint density at radius 2 is 1.82 bits per heavy atom. The van der Waals surface area contributed by atoms with E-state index in [9.17, 15) is 4.79 Å². The second kappa shape index (κ2) is 7.24.